The molecule has 0 fully saturated rings. The minimum atomic E-state index is -0.497. The van der Waals surface area contributed by atoms with Crippen LogP contribution in [0.4, 0.5) is 0 Å². The van der Waals surface area contributed by atoms with Gasteiger partial charge in [0.1, 0.15) is 0 Å². The number of amides is 1. The van der Waals surface area contributed by atoms with Gasteiger partial charge in [0, 0.05) is 0 Å². The van der Waals surface area contributed by atoms with E-state index >= 15 is 0 Å². The molecule has 112 valence electrons. The number of H-pyrrole nitrogens is 2. The van der Waals surface area contributed by atoms with Crippen LogP contribution in [0.25, 0.3) is 0 Å². The molecule has 1 heterocycles. The van der Waals surface area contributed by atoms with Crippen LogP contribution in [-0.2, 0) is 0 Å². The number of aromatic nitrogens is 3. The third-order valence-corrected chi connectivity index (χ3v) is 3.36. The molecule has 3 N–H and O–H groups in total. The highest BCUT2D eigenvalue weighted by Gasteiger charge is 2.29. The molecule has 2 aromatic rings. The number of nitrogens with zero attached hydrogens (tertiary/aromatic N) is 1. The zero-order valence-electron chi connectivity index (χ0n) is 12.7. The van der Waals surface area contributed by atoms with Gasteiger partial charge < -0.3 is 5.32 Å². The topological polar surface area (TPSA) is 90.6 Å². The first-order chi connectivity index (χ1) is 9.79. The standard InChI is InChI=1S/C15H20N4O2/c1-9-7-5-6-8-10(9)11(15(2,3)4)16-13(20)12-17-14(21)19-18-12/h5-8,11H,1-4H3,(H,16,20)(H2,17,18,19,21). The fourth-order valence-corrected chi connectivity index (χ4v) is 2.25. The molecule has 6 nitrogen and oxygen atoms in total. The third-order valence-electron chi connectivity index (χ3n) is 3.36. The van der Waals surface area contributed by atoms with Gasteiger partial charge in [-0.15, -0.1) is 5.10 Å². The van der Waals surface area contributed by atoms with Gasteiger partial charge in [-0.1, -0.05) is 45.0 Å². The molecule has 0 saturated heterocycles. The molecule has 2 rings (SSSR count). The molecule has 6 heteroatoms. The van der Waals surface area contributed by atoms with Gasteiger partial charge in [0.05, 0.1) is 6.04 Å². The molecule has 0 radical (unpaired) electrons. The first-order valence-corrected chi connectivity index (χ1v) is 6.80. The van der Waals surface area contributed by atoms with E-state index in [1.807, 2.05) is 31.2 Å². The SMILES string of the molecule is Cc1ccccc1C(NC(=O)c1n[nH]c(=O)[nH]1)C(C)(C)C. The fourth-order valence-electron chi connectivity index (χ4n) is 2.25. The van der Waals surface area contributed by atoms with Crippen molar-refractivity contribution in [3.05, 3.63) is 51.7 Å². The summed E-state index contributed by atoms with van der Waals surface area (Å²) >= 11 is 0. The van der Waals surface area contributed by atoms with Gasteiger partial charge in [0.15, 0.2) is 0 Å². The van der Waals surface area contributed by atoms with E-state index in [-0.39, 0.29) is 17.3 Å². The quantitative estimate of drug-likeness (QED) is 0.806. The molecule has 0 aliphatic rings. The molecule has 21 heavy (non-hydrogen) atoms. The maximum absolute atomic E-state index is 12.2. The zero-order chi connectivity index (χ0) is 15.6. The summed E-state index contributed by atoms with van der Waals surface area (Å²) in [4.78, 5) is 25.6. The van der Waals surface area contributed by atoms with Crippen LogP contribution in [0.2, 0.25) is 0 Å². The lowest BCUT2D eigenvalue weighted by molar-refractivity contribution is 0.0891. The van der Waals surface area contributed by atoms with Crippen LogP contribution in [0.5, 0.6) is 0 Å². The van der Waals surface area contributed by atoms with E-state index in [2.05, 4.69) is 41.3 Å². The predicted octanol–water partition coefficient (Wildman–Crippen LogP) is 1.92. The molecule has 0 bridgehead atoms. The Morgan fingerprint density at radius 2 is 1.95 bits per heavy atom. The van der Waals surface area contributed by atoms with Crippen molar-refractivity contribution >= 4 is 5.91 Å². The Morgan fingerprint density at radius 3 is 2.48 bits per heavy atom. The van der Waals surface area contributed by atoms with Crippen molar-refractivity contribution in [1.82, 2.24) is 20.5 Å². The minimum absolute atomic E-state index is 0.0113. The van der Waals surface area contributed by atoms with Crippen LogP contribution >= 0.6 is 0 Å². The fraction of sp³-hybridized carbons (Fsp3) is 0.400. The van der Waals surface area contributed by atoms with E-state index < -0.39 is 11.6 Å². The summed E-state index contributed by atoms with van der Waals surface area (Å²) in [6.07, 6.45) is 0. The van der Waals surface area contributed by atoms with Crippen molar-refractivity contribution in [2.75, 3.05) is 0 Å². The van der Waals surface area contributed by atoms with Gasteiger partial charge in [-0.2, -0.15) is 0 Å². The number of hydrogen-bond acceptors (Lipinski definition) is 3. The summed E-state index contributed by atoms with van der Waals surface area (Å²) in [5.41, 5.74) is 1.48. The van der Waals surface area contributed by atoms with E-state index in [0.717, 1.165) is 11.1 Å². The van der Waals surface area contributed by atoms with E-state index in [1.165, 1.54) is 0 Å². The van der Waals surface area contributed by atoms with Crippen molar-refractivity contribution < 1.29 is 4.79 Å². The number of carbonyl (C=O) groups excluding carboxylic acids is 1. The third kappa shape index (κ3) is 3.39. The van der Waals surface area contributed by atoms with Crippen molar-refractivity contribution in [2.24, 2.45) is 5.41 Å². The Kier molecular flexibility index (Phi) is 3.97. The second-order valence-electron chi connectivity index (χ2n) is 6.16. The lowest BCUT2D eigenvalue weighted by atomic mass is 9.81. The molecule has 1 amide bonds. The van der Waals surface area contributed by atoms with Crippen LogP contribution in [0, 0.1) is 12.3 Å². The van der Waals surface area contributed by atoms with Crippen LogP contribution in [-0.4, -0.2) is 21.1 Å². The molecule has 0 spiro atoms. The summed E-state index contributed by atoms with van der Waals surface area (Å²) in [7, 11) is 0. The Labute approximate surface area is 123 Å². The summed E-state index contributed by atoms with van der Waals surface area (Å²) in [6, 6.07) is 7.73. The number of rotatable bonds is 3. The van der Waals surface area contributed by atoms with Crippen LogP contribution in [0.3, 0.4) is 0 Å². The Bertz CT molecular complexity index is 694. The number of aromatic amines is 2. The largest absolute Gasteiger partial charge is 0.342 e. The zero-order valence-corrected chi connectivity index (χ0v) is 12.7. The molecule has 1 aromatic carbocycles. The minimum Gasteiger partial charge on any atom is -0.342 e. The highest BCUT2D eigenvalue weighted by molar-refractivity contribution is 5.90. The first-order valence-electron chi connectivity index (χ1n) is 6.80. The van der Waals surface area contributed by atoms with Crippen molar-refractivity contribution in [1.29, 1.82) is 0 Å². The maximum atomic E-state index is 12.2. The number of carbonyl (C=O) groups is 1. The molecule has 0 aliphatic heterocycles. The normalized spacial score (nSPS) is 13.0. The molecule has 0 saturated carbocycles. The summed E-state index contributed by atoms with van der Waals surface area (Å²) in [5.74, 6) is -0.417. The van der Waals surface area contributed by atoms with Crippen LogP contribution in [0.15, 0.2) is 29.1 Å². The average Bonchev–Trinajstić information content (AvgIpc) is 2.82. The number of hydrogen-bond donors (Lipinski definition) is 3. The Balaban J connectivity index is 2.32. The maximum Gasteiger partial charge on any atom is 0.341 e. The molecular formula is C15H20N4O2. The highest BCUT2D eigenvalue weighted by Crippen LogP contribution is 2.34. The van der Waals surface area contributed by atoms with E-state index in [4.69, 9.17) is 0 Å². The van der Waals surface area contributed by atoms with E-state index in [0.29, 0.717) is 0 Å². The monoisotopic (exact) mass is 288 g/mol. The van der Waals surface area contributed by atoms with Gasteiger partial charge >= 0.3 is 5.69 Å². The second kappa shape index (κ2) is 5.55. The van der Waals surface area contributed by atoms with Gasteiger partial charge in [0.25, 0.3) is 5.91 Å². The van der Waals surface area contributed by atoms with Crippen molar-refractivity contribution in [3.8, 4) is 0 Å². The Morgan fingerprint density at radius 1 is 1.29 bits per heavy atom. The number of aryl methyl sites for hydroxylation is 1. The lowest BCUT2D eigenvalue weighted by Gasteiger charge is -2.32. The Hall–Kier alpha value is -2.37. The molecule has 1 aromatic heterocycles. The summed E-state index contributed by atoms with van der Waals surface area (Å²) < 4.78 is 0. The van der Waals surface area contributed by atoms with Gasteiger partial charge in [0.2, 0.25) is 5.82 Å². The summed E-state index contributed by atoms with van der Waals surface area (Å²) in [6.45, 7) is 8.17. The lowest BCUT2D eigenvalue weighted by Crippen LogP contribution is -2.37. The second-order valence-corrected chi connectivity index (χ2v) is 6.16. The van der Waals surface area contributed by atoms with Gasteiger partial charge in [-0.05, 0) is 23.5 Å². The van der Waals surface area contributed by atoms with Gasteiger partial charge in [-0.3, -0.25) is 9.78 Å². The molecule has 0 aliphatic carbocycles. The number of benzene rings is 1. The average molecular weight is 288 g/mol. The van der Waals surface area contributed by atoms with Crippen molar-refractivity contribution in [2.45, 2.75) is 33.7 Å². The van der Waals surface area contributed by atoms with Crippen LogP contribution in [0.1, 0.15) is 48.6 Å². The smallest absolute Gasteiger partial charge is 0.341 e. The molecule has 1 atom stereocenters. The molecule has 1 unspecified atom stereocenters. The predicted molar refractivity (Wildman–Crippen MR) is 80.0 cm³/mol. The van der Waals surface area contributed by atoms with Crippen molar-refractivity contribution in [3.63, 3.8) is 0 Å². The summed E-state index contributed by atoms with van der Waals surface area (Å²) in [5, 5.41) is 8.80. The van der Waals surface area contributed by atoms with E-state index in [9.17, 15) is 9.59 Å². The number of nitrogens with one attached hydrogen (secondary N) is 3. The molecular weight excluding hydrogens is 268 g/mol. The van der Waals surface area contributed by atoms with Gasteiger partial charge in [-0.25, -0.2) is 9.89 Å². The first kappa shape index (κ1) is 15.0. The van der Waals surface area contributed by atoms with E-state index in [1.54, 1.807) is 0 Å². The highest BCUT2D eigenvalue weighted by atomic mass is 16.2. The van der Waals surface area contributed by atoms with Crippen LogP contribution < -0.4 is 11.0 Å².